The highest BCUT2D eigenvalue weighted by molar-refractivity contribution is 7.89. The van der Waals surface area contributed by atoms with Crippen LogP contribution < -0.4 is 10.0 Å². The van der Waals surface area contributed by atoms with Gasteiger partial charge < -0.3 is 5.32 Å². The Labute approximate surface area is 116 Å². The third-order valence-corrected chi connectivity index (χ3v) is 4.87. The summed E-state index contributed by atoms with van der Waals surface area (Å²) in [5.41, 5.74) is 0.663. The molecule has 108 valence electrons. The van der Waals surface area contributed by atoms with E-state index >= 15 is 0 Å². The third kappa shape index (κ3) is 4.51. The fourth-order valence-corrected chi connectivity index (χ4v) is 2.84. The van der Waals surface area contributed by atoms with Crippen molar-refractivity contribution in [2.45, 2.75) is 32.6 Å². The zero-order valence-corrected chi connectivity index (χ0v) is 12.9. The molecule has 5 heteroatoms. The largest absolute Gasteiger partial charge is 0.384 e. The molecule has 1 aromatic carbocycles. The lowest BCUT2D eigenvalue weighted by molar-refractivity contribution is 0.439. The molecule has 0 heterocycles. The molecule has 1 aromatic rings. The number of hydrogen-bond acceptors (Lipinski definition) is 3. The van der Waals surface area contributed by atoms with Crippen LogP contribution in [0.2, 0.25) is 0 Å². The van der Waals surface area contributed by atoms with Crippen LogP contribution in [0.4, 0.5) is 5.69 Å². The summed E-state index contributed by atoms with van der Waals surface area (Å²) in [7, 11) is -3.42. The van der Waals surface area contributed by atoms with Gasteiger partial charge in [0.25, 0.3) is 0 Å². The first-order chi connectivity index (χ1) is 8.88. The molecule has 4 nitrogen and oxygen atoms in total. The Morgan fingerprint density at radius 3 is 2.37 bits per heavy atom. The molecule has 0 radical (unpaired) electrons. The van der Waals surface area contributed by atoms with Gasteiger partial charge in [0, 0.05) is 13.1 Å². The lowest BCUT2D eigenvalue weighted by Crippen LogP contribution is -2.25. The molecule has 0 saturated carbocycles. The van der Waals surface area contributed by atoms with Crippen molar-refractivity contribution in [2.75, 3.05) is 18.4 Å². The van der Waals surface area contributed by atoms with Crippen molar-refractivity contribution in [1.29, 1.82) is 0 Å². The van der Waals surface area contributed by atoms with Gasteiger partial charge in [0.15, 0.2) is 0 Å². The van der Waals surface area contributed by atoms with Crippen LogP contribution >= 0.6 is 0 Å². The van der Waals surface area contributed by atoms with Crippen LogP contribution in [0.25, 0.3) is 0 Å². The van der Waals surface area contributed by atoms with Crippen molar-refractivity contribution in [1.82, 2.24) is 4.72 Å². The minimum atomic E-state index is -3.42. The number of hydrogen-bond donors (Lipinski definition) is 2. The van der Waals surface area contributed by atoms with Gasteiger partial charge in [-0.3, -0.25) is 0 Å². The third-order valence-electron chi connectivity index (χ3n) is 3.26. The standard InChI is InChI=1S/C14H24N2O2S/c1-5-16-19(17,18)14-9-7-6-8-13(14)15-10-12(4)11(2)3/h6-9,11-12,15-16H,5,10H2,1-4H3. The zero-order valence-electron chi connectivity index (χ0n) is 12.1. The Balaban J connectivity index is 2.91. The average molecular weight is 284 g/mol. The van der Waals surface area contributed by atoms with E-state index in [1.165, 1.54) is 0 Å². The molecule has 0 bridgehead atoms. The van der Waals surface area contributed by atoms with Gasteiger partial charge in [-0.25, -0.2) is 13.1 Å². The monoisotopic (exact) mass is 284 g/mol. The maximum Gasteiger partial charge on any atom is 0.242 e. The van der Waals surface area contributed by atoms with Crippen LogP contribution in [0.3, 0.4) is 0 Å². The van der Waals surface area contributed by atoms with Crippen LogP contribution in [0.15, 0.2) is 29.2 Å². The Bertz CT molecular complexity index is 498. The van der Waals surface area contributed by atoms with E-state index in [9.17, 15) is 8.42 Å². The maximum atomic E-state index is 12.1. The summed E-state index contributed by atoms with van der Waals surface area (Å²) in [5, 5.41) is 3.24. The van der Waals surface area contributed by atoms with Gasteiger partial charge in [-0.2, -0.15) is 0 Å². The summed E-state index contributed by atoms with van der Waals surface area (Å²) < 4.78 is 26.7. The summed E-state index contributed by atoms with van der Waals surface area (Å²) in [4.78, 5) is 0.313. The Kier molecular flexibility index (Phi) is 5.82. The number of anilines is 1. The maximum absolute atomic E-state index is 12.1. The van der Waals surface area contributed by atoms with Gasteiger partial charge in [-0.1, -0.05) is 39.8 Å². The normalized spacial score (nSPS) is 13.5. The Hall–Kier alpha value is -1.07. The van der Waals surface area contributed by atoms with Crippen LogP contribution in [0.1, 0.15) is 27.7 Å². The molecule has 0 fully saturated rings. The van der Waals surface area contributed by atoms with Crippen LogP contribution in [0, 0.1) is 11.8 Å². The van der Waals surface area contributed by atoms with Crippen LogP contribution in [0.5, 0.6) is 0 Å². The second kappa shape index (κ2) is 6.91. The van der Waals surface area contributed by atoms with E-state index in [1.54, 1.807) is 25.1 Å². The van der Waals surface area contributed by atoms with Crippen molar-refractivity contribution in [3.63, 3.8) is 0 Å². The smallest absolute Gasteiger partial charge is 0.242 e. The molecule has 0 amide bonds. The van der Waals surface area contributed by atoms with Gasteiger partial charge >= 0.3 is 0 Å². The second-order valence-corrected chi connectivity index (χ2v) is 6.84. The van der Waals surface area contributed by atoms with Crippen LogP contribution in [-0.2, 0) is 10.0 Å². The van der Waals surface area contributed by atoms with Crippen LogP contribution in [-0.4, -0.2) is 21.5 Å². The fourth-order valence-electron chi connectivity index (χ4n) is 1.62. The molecule has 19 heavy (non-hydrogen) atoms. The summed E-state index contributed by atoms with van der Waals surface area (Å²) in [6.45, 7) is 9.39. The van der Waals surface area contributed by atoms with E-state index in [1.807, 2.05) is 6.07 Å². The van der Waals surface area contributed by atoms with Crippen molar-refractivity contribution >= 4 is 15.7 Å². The minimum Gasteiger partial charge on any atom is -0.384 e. The Morgan fingerprint density at radius 1 is 1.16 bits per heavy atom. The molecule has 0 aromatic heterocycles. The van der Waals surface area contributed by atoms with Gasteiger partial charge in [-0.05, 0) is 24.0 Å². The predicted octanol–water partition coefficient (Wildman–Crippen LogP) is 2.69. The molecule has 1 rings (SSSR count). The number of nitrogens with one attached hydrogen (secondary N) is 2. The number of benzene rings is 1. The topological polar surface area (TPSA) is 58.2 Å². The quantitative estimate of drug-likeness (QED) is 0.809. The summed E-state index contributed by atoms with van der Waals surface area (Å²) in [5.74, 6) is 1.04. The molecule has 0 aliphatic rings. The molecule has 0 saturated heterocycles. The average Bonchev–Trinajstić information content (AvgIpc) is 2.36. The highest BCUT2D eigenvalue weighted by atomic mass is 32.2. The molecule has 1 unspecified atom stereocenters. The van der Waals surface area contributed by atoms with E-state index < -0.39 is 10.0 Å². The molecular formula is C14H24N2O2S. The lowest BCUT2D eigenvalue weighted by atomic mass is 9.98. The highest BCUT2D eigenvalue weighted by Crippen LogP contribution is 2.21. The molecule has 0 spiro atoms. The van der Waals surface area contributed by atoms with E-state index in [-0.39, 0.29) is 0 Å². The summed E-state index contributed by atoms with van der Waals surface area (Å²) >= 11 is 0. The van der Waals surface area contributed by atoms with Crippen molar-refractivity contribution < 1.29 is 8.42 Å². The van der Waals surface area contributed by atoms with Crippen molar-refractivity contribution in [3.05, 3.63) is 24.3 Å². The summed E-state index contributed by atoms with van der Waals surface area (Å²) in [6, 6.07) is 7.01. The molecule has 1 atom stereocenters. The van der Waals surface area contributed by atoms with E-state index in [4.69, 9.17) is 0 Å². The number of sulfonamides is 1. The molecule has 0 aliphatic carbocycles. The molecule has 2 N–H and O–H groups in total. The van der Waals surface area contributed by atoms with Crippen molar-refractivity contribution in [3.8, 4) is 0 Å². The zero-order chi connectivity index (χ0) is 14.5. The van der Waals surface area contributed by atoms with Crippen molar-refractivity contribution in [2.24, 2.45) is 11.8 Å². The van der Waals surface area contributed by atoms with Gasteiger partial charge in [0.2, 0.25) is 10.0 Å². The SMILES string of the molecule is CCNS(=O)(=O)c1ccccc1NCC(C)C(C)C. The van der Waals surface area contributed by atoms with E-state index in [0.717, 1.165) is 6.54 Å². The second-order valence-electron chi connectivity index (χ2n) is 5.10. The first kappa shape index (κ1) is 16.0. The highest BCUT2D eigenvalue weighted by Gasteiger charge is 2.17. The predicted molar refractivity (Wildman–Crippen MR) is 79.8 cm³/mol. The minimum absolute atomic E-state index is 0.313. The Morgan fingerprint density at radius 2 is 1.79 bits per heavy atom. The number of para-hydroxylation sites is 1. The lowest BCUT2D eigenvalue weighted by Gasteiger charge is -2.18. The van der Waals surface area contributed by atoms with Gasteiger partial charge in [-0.15, -0.1) is 0 Å². The number of rotatable bonds is 7. The molecule has 0 aliphatic heterocycles. The first-order valence-corrected chi connectivity index (χ1v) is 8.19. The van der Waals surface area contributed by atoms with Gasteiger partial charge in [0.05, 0.1) is 5.69 Å². The van der Waals surface area contributed by atoms with Gasteiger partial charge in [0.1, 0.15) is 4.90 Å². The van der Waals surface area contributed by atoms with E-state index in [0.29, 0.717) is 29.0 Å². The van der Waals surface area contributed by atoms with E-state index in [2.05, 4.69) is 30.8 Å². The first-order valence-electron chi connectivity index (χ1n) is 6.71. The molecular weight excluding hydrogens is 260 g/mol. The summed E-state index contributed by atoms with van der Waals surface area (Å²) in [6.07, 6.45) is 0. The fraction of sp³-hybridized carbons (Fsp3) is 0.571.